The van der Waals surface area contributed by atoms with Gasteiger partial charge in [-0.1, -0.05) is 0 Å². The summed E-state index contributed by atoms with van der Waals surface area (Å²) in [5.41, 5.74) is 5.58. The molecule has 0 saturated heterocycles. The zero-order chi connectivity index (χ0) is 15.4. The van der Waals surface area contributed by atoms with Crippen LogP contribution in [0.4, 0.5) is 11.4 Å². The number of carbonyl (C=O) groups excluding carboxylic acids is 1. The fourth-order valence-corrected chi connectivity index (χ4v) is 1.94. The van der Waals surface area contributed by atoms with Crippen molar-refractivity contribution in [1.29, 1.82) is 0 Å². The topological polar surface area (TPSA) is 116 Å². The predicted molar refractivity (Wildman–Crippen MR) is 77.0 cm³/mol. The van der Waals surface area contributed by atoms with Gasteiger partial charge in [0.2, 0.25) is 5.91 Å². The number of carbonyl (C=O) groups is 1. The molecule has 2 rings (SSSR count). The van der Waals surface area contributed by atoms with Crippen LogP contribution < -0.4 is 11.1 Å². The Kier molecular flexibility index (Phi) is 4.17. The van der Waals surface area contributed by atoms with Crippen molar-refractivity contribution in [2.75, 3.05) is 11.9 Å². The van der Waals surface area contributed by atoms with Crippen LogP contribution in [0.1, 0.15) is 16.2 Å². The summed E-state index contributed by atoms with van der Waals surface area (Å²) in [5, 5.41) is 13.9. The minimum absolute atomic E-state index is 0.0974. The summed E-state index contributed by atoms with van der Waals surface area (Å²) >= 11 is 0. The molecule has 0 aliphatic heterocycles. The van der Waals surface area contributed by atoms with Gasteiger partial charge in [-0.05, 0) is 12.1 Å². The Bertz CT molecular complexity index is 680. The molecule has 0 saturated carbocycles. The van der Waals surface area contributed by atoms with Gasteiger partial charge in [-0.3, -0.25) is 14.9 Å². The lowest BCUT2D eigenvalue weighted by atomic mass is 10.1. The van der Waals surface area contributed by atoms with Crippen LogP contribution in [-0.2, 0) is 13.5 Å². The summed E-state index contributed by atoms with van der Waals surface area (Å²) in [6.07, 6.45) is 4.11. The fraction of sp³-hybridized carbons (Fsp3) is 0.231. The highest BCUT2D eigenvalue weighted by atomic mass is 16.6. The van der Waals surface area contributed by atoms with E-state index in [-0.39, 0.29) is 16.9 Å². The molecular formula is C13H15N5O3. The first kappa shape index (κ1) is 14.5. The molecule has 0 bridgehead atoms. The SMILES string of the molecule is Cn1ccnc1CCNc1cc(C(N)=O)ccc1[N+](=O)[O-]. The van der Waals surface area contributed by atoms with Crippen molar-refractivity contribution in [3.8, 4) is 0 Å². The number of benzene rings is 1. The number of nitrogens with zero attached hydrogens (tertiary/aromatic N) is 3. The summed E-state index contributed by atoms with van der Waals surface area (Å²) in [6.45, 7) is 0.452. The van der Waals surface area contributed by atoms with Crippen molar-refractivity contribution in [2.45, 2.75) is 6.42 Å². The number of rotatable bonds is 6. The normalized spacial score (nSPS) is 10.3. The van der Waals surface area contributed by atoms with E-state index in [2.05, 4.69) is 10.3 Å². The van der Waals surface area contributed by atoms with Gasteiger partial charge in [-0.15, -0.1) is 0 Å². The zero-order valence-corrected chi connectivity index (χ0v) is 11.4. The molecule has 21 heavy (non-hydrogen) atoms. The van der Waals surface area contributed by atoms with Crippen molar-refractivity contribution < 1.29 is 9.72 Å². The van der Waals surface area contributed by atoms with Gasteiger partial charge in [0.15, 0.2) is 0 Å². The lowest BCUT2D eigenvalue weighted by Gasteiger charge is -2.08. The quantitative estimate of drug-likeness (QED) is 0.609. The van der Waals surface area contributed by atoms with Crippen LogP contribution in [0.3, 0.4) is 0 Å². The summed E-state index contributed by atoms with van der Waals surface area (Å²) in [4.78, 5) is 25.8. The highest BCUT2D eigenvalue weighted by molar-refractivity contribution is 5.94. The number of nitrogens with one attached hydrogen (secondary N) is 1. The van der Waals surface area contributed by atoms with Crippen LogP contribution in [-0.4, -0.2) is 26.9 Å². The molecule has 8 heteroatoms. The van der Waals surface area contributed by atoms with Crippen LogP contribution in [0, 0.1) is 10.1 Å². The Morgan fingerprint density at radius 1 is 1.52 bits per heavy atom. The fourth-order valence-electron chi connectivity index (χ4n) is 1.94. The number of anilines is 1. The number of nitro benzene ring substituents is 1. The zero-order valence-electron chi connectivity index (χ0n) is 11.4. The largest absolute Gasteiger partial charge is 0.379 e. The highest BCUT2D eigenvalue weighted by Crippen LogP contribution is 2.25. The maximum Gasteiger partial charge on any atom is 0.292 e. The molecule has 1 aromatic carbocycles. The average Bonchev–Trinajstić information content (AvgIpc) is 2.84. The third-order valence-corrected chi connectivity index (χ3v) is 3.06. The Labute approximate surface area is 120 Å². The van der Waals surface area contributed by atoms with Crippen LogP contribution in [0.25, 0.3) is 0 Å². The van der Waals surface area contributed by atoms with Crippen LogP contribution in [0.2, 0.25) is 0 Å². The number of aromatic nitrogens is 2. The standard InChI is InChI=1S/C13H15N5O3/c1-17-7-6-16-12(17)4-5-15-10-8-9(13(14)19)2-3-11(10)18(20)21/h2-3,6-8,15H,4-5H2,1H3,(H2,14,19). The molecule has 8 nitrogen and oxygen atoms in total. The van der Waals surface area contributed by atoms with Crippen molar-refractivity contribution >= 4 is 17.3 Å². The summed E-state index contributed by atoms with van der Waals surface area (Å²) < 4.78 is 1.87. The Balaban J connectivity index is 2.13. The molecule has 0 atom stereocenters. The molecular weight excluding hydrogens is 274 g/mol. The molecule has 3 N–H and O–H groups in total. The average molecular weight is 289 g/mol. The molecule has 0 unspecified atom stereocenters. The lowest BCUT2D eigenvalue weighted by molar-refractivity contribution is -0.384. The monoisotopic (exact) mass is 289 g/mol. The second-order valence-electron chi connectivity index (χ2n) is 4.48. The number of imidazole rings is 1. The number of hydrogen-bond donors (Lipinski definition) is 2. The number of nitrogens with two attached hydrogens (primary N) is 1. The van der Waals surface area contributed by atoms with E-state index in [4.69, 9.17) is 5.73 Å². The summed E-state index contributed by atoms with van der Waals surface area (Å²) in [6, 6.07) is 3.99. The van der Waals surface area contributed by atoms with E-state index in [1.54, 1.807) is 6.20 Å². The van der Waals surface area contributed by atoms with Crippen molar-refractivity contribution in [1.82, 2.24) is 9.55 Å². The van der Waals surface area contributed by atoms with Gasteiger partial charge in [-0.25, -0.2) is 4.98 Å². The molecule has 0 fully saturated rings. The van der Waals surface area contributed by atoms with E-state index in [1.807, 2.05) is 17.8 Å². The Hall–Kier alpha value is -2.90. The van der Waals surface area contributed by atoms with Gasteiger partial charge in [0, 0.05) is 44.0 Å². The first-order chi connectivity index (χ1) is 9.99. The third kappa shape index (κ3) is 3.35. The minimum atomic E-state index is -0.628. The molecule has 0 aliphatic carbocycles. The molecule has 1 amide bonds. The Morgan fingerprint density at radius 3 is 2.86 bits per heavy atom. The number of aryl methyl sites for hydroxylation is 1. The minimum Gasteiger partial charge on any atom is -0.379 e. The summed E-state index contributed by atoms with van der Waals surface area (Å²) in [5.74, 6) is 0.230. The van der Waals surface area contributed by atoms with Gasteiger partial charge in [0.1, 0.15) is 11.5 Å². The second-order valence-corrected chi connectivity index (χ2v) is 4.48. The molecule has 1 aromatic heterocycles. The van der Waals surface area contributed by atoms with Gasteiger partial charge in [0.25, 0.3) is 5.69 Å². The van der Waals surface area contributed by atoms with Crippen molar-refractivity contribution in [2.24, 2.45) is 12.8 Å². The second kappa shape index (κ2) is 6.04. The van der Waals surface area contributed by atoms with Gasteiger partial charge in [-0.2, -0.15) is 0 Å². The summed E-state index contributed by atoms with van der Waals surface area (Å²) in [7, 11) is 1.87. The molecule has 1 heterocycles. The van der Waals surface area contributed by atoms with Crippen LogP contribution >= 0.6 is 0 Å². The smallest absolute Gasteiger partial charge is 0.292 e. The number of amides is 1. The Morgan fingerprint density at radius 2 is 2.29 bits per heavy atom. The number of primary amides is 1. The maximum absolute atomic E-state index is 11.2. The first-order valence-corrected chi connectivity index (χ1v) is 6.27. The number of hydrogen-bond acceptors (Lipinski definition) is 5. The van der Waals surface area contributed by atoms with E-state index < -0.39 is 10.8 Å². The van der Waals surface area contributed by atoms with Crippen LogP contribution in [0.15, 0.2) is 30.6 Å². The third-order valence-electron chi connectivity index (χ3n) is 3.06. The molecule has 0 spiro atoms. The van der Waals surface area contributed by atoms with E-state index in [9.17, 15) is 14.9 Å². The molecule has 2 aromatic rings. The van der Waals surface area contributed by atoms with Crippen molar-refractivity contribution in [3.63, 3.8) is 0 Å². The molecule has 0 aliphatic rings. The van der Waals surface area contributed by atoms with Gasteiger partial charge < -0.3 is 15.6 Å². The van der Waals surface area contributed by atoms with Crippen LogP contribution in [0.5, 0.6) is 0 Å². The van der Waals surface area contributed by atoms with E-state index in [0.29, 0.717) is 13.0 Å². The van der Waals surface area contributed by atoms with Gasteiger partial charge >= 0.3 is 0 Å². The van der Waals surface area contributed by atoms with E-state index in [1.165, 1.54) is 18.2 Å². The maximum atomic E-state index is 11.2. The lowest BCUT2D eigenvalue weighted by Crippen LogP contribution is -2.13. The highest BCUT2D eigenvalue weighted by Gasteiger charge is 2.15. The number of nitro groups is 1. The van der Waals surface area contributed by atoms with E-state index >= 15 is 0 Å². The van der Waals surface area contributed by atoms with Gasteiger partial charge in [0.05, 0.1) is 4.92 Å². The predicted octanol–water partition coefficient (Wildman–Crippen LogP) is 1.08. The van der Waals surface area contributed by atoms with Crippen molar-refractivity contribution in [3.05, 3.63) is 52.1 Å². The molecule has 110 valence electrons. The van der Waals surface area contributed by atoms with E-state index in [0.717, 1.165) is 5.82 Å². The molecule has 0 radical (unpaired) electrons. The first-order valence-electron chi connectivity index (χ1n) is 6.27.